The topological polar surface area (TPSA) is 357 Å². The van der Waals surface area contributed by atoms with Crippen molar-refractivity contribution in [3.8, 4) is 0 Å². The van der Waals surface area contributed by atoms with Gasteiger partial charge >= 0.3 is 0 Å². The van der Waals surface area contributed by atoms with Gasteiger partial charge in [0.25, 0.3) is 0 Å². The number of rotatable bonds is 29. The predicted octanol–water partition coefficient (Wildman–Crippen LogP) is -3.80. The van der Waals surface area contributed by atoms with Gasteiger partial charge in [0.05, 0.1) is 6.10 Å². The zero-order valence-electron chi connectivity index (χ0n) is 34.3. The van der Waals surface area contributed by atoms with Gasteiger partial charge in [-0.05, 0) is 83.3 Å². The zero-order chi connectivity index (χ0) is 44.5. The molecule has 21 nitrogen and oxygen atoms in total. The van der Waals surface area contributed by atoms with Gasteiger partial charge < -0.3 is 65.3 Å². The summed E-state index contributed by atoms with van der Waals surface area (Å²) in [6, 6.07) is -8.49. The van der Waals surface area contributed by atoms with Crippen LogP contribution in [-0.4, -0.2) is 138 Å². The smallest absolute Gasteiger partial charge is 0.245 e. The molecule has 8 amide bonds. The van der Waals surface area contributed by atoms with Crippen LogP contribution in [-0.2, 0) is 38.4 Å². The molecule has 0 unspecified atom stereocenters. The number of nitrogens with two attached hydrogens (primary N) is 4. The Bertz CT molecular complexity index is 1400. The number of thioether (sulfide) groups is 1. The Balaban J connectivity index is 6.09. The van der Waals surface area contributed by atoms with Crippen molar-refractivity contribution >= 4 is 77.6 Å². The van der Waals surface area contributed by atoms with Crippen molar-refractivity contribution in [2.75, 3.05) is 30.9 Å². The molecule has 0 aromatic carbocycles. The summed E-state index contributed by atoms with van der Waals surface area (Å²) in [5, 5.41) is 28.2. The van der Waals surface area contributed by atoms with Crippen molar-refractivity contribution in [1.29, 1.82) is 0 Å². The van der Waals surface area contributed by atoms with E-state index in [1.165, 1.54) is 32.5 Å². The van der Waals surface area contributed by atoms with Crippen molar-refractivity contribution in [2.24, 2.45) is 33.8 Å². The van der Waals surface area contributed by atoms with Crippen LogP contribution in [0.25, 0.3) is 0 Å². The summed E-state index contributed by atoms with van der Waals surface area (Å²) in [6.07, 6.45) is 2.05. The fourth-order valence-electron chi connectivity index (χ4n) is 5.34. The van der Waals surface area contributed by atoms with Gasteiger partial charge in [0.1, 0.15) is 42.3 Å². The molecule has 0 fully saturated rings. The maximum absolute atomic E-state index is 13.7. The second kappa shape index (κ2) is 29.0. The highest BCUT2D eigenvalue weighted by molar-refractivity contribution is 7.98. The summed E-state index contributed by atoms with van der Waals surface area (Å²) in [5.74, 6) is -5.66. The maximum Gasteiger partial charge on any atom is 0.245 e. The van der Waals surface area contributed by atoms with Crippen molar-refractivity contribution in [3.63, 3.8) is 0 Å². The largest absolute Gasteiger partial charge is 0.391 e. The van der Waals surface area contributed by atoms with Crippen molar-refractivity contribution in [2.45, 2.75) is 128 Å². The third-order valence-electron chi connectivity index (χ3n) is 8.46. The number of aliphatic imine (C=N–C) groups is 1. The van der Waals surface area contributed by atoms with E-state index >= 15 is 0 Å². The Hall–Kier alpha value is -4.35. The molecule has 0 saturated heterocycles. The van der Waals surface area contributed by atoms with Crippen molar-refractivity contribution in [3.05, 3.63) is 0 Å². The molecular formula is C35H66N12O9S2. The molecular weight excluding hydrogens is 797 g/mol. The van der Waals surface area contributed by atoms with Gasteiger partial charge in [-0.15, -0.1) is 0 Å². The minimum absolute atomic E-state index is 0.0256. The molecule has 0 aliphatic carbocycles. The lowest BCUT2D eigenvalue weighted by Crippen LogP contribution is -2.61. The van der Waals surface area contributed by atoms with Gasteiger partial charge in [0.2, 0.25) is 47.3 Å². The van der Waals surface area contributed by atoms with E-state index in [0.717, 1.165) is 0 Å². The van der Waals surface area contributed by atoms with Gasteiger partial charge in [-0.2, -0.15) is 24.4 Å². The van der Waals surface area contributed by atoms with E-state index in [4.69, 9.17) is 22.9 Å². The second-order valence-corrected chi connectivity index (χ2v) is 15.5. The molecule has 0 heterocycles. The minimum Gasteiger partial charge on any atom is -0.391 e. The Morgan fingerprint density at radius 2 is 1.16 bits per heavy atom. The van der Waals surface area contributed by atoms with Crippen LogP contribution in [0.15, 0.2) is 4.99 Å². The number of aliphatic hydroxyl groups is 1. The molecule has 0 aromatic rings. The molecule has 0 bridgehead atoms. The molecule has 0 radical (unpaired) electrons. The highest BCUT2D eigenvalue weighted by atomic mass is 32.2. The normalized spacial score (nSPS) is 15.1. The van der Waals surface area contributed by atoms with E-state index in [0.29, 0.717) is 25.1 Å². The molecule has 0 rings (SSSR count). The number of primary amides is 1. The Labute approximate surface area is 350 Å². The Morgan fingerprint density at radius 1 is 0.655 bits per heavy atom. The number of thiol groups is 1. The molecule has 0 aromatic heterocycles. The summed E-state index contributed by atoms with van der Waals surface area (Å²) >= 11 is 5.52. The van der Waals surface area contributed by atoms with E-state index in [1.807, 2.05) is 20.1 Å². The molecule has 16 N–H and O–H groups in total. The molecule has 58 heavy (non-hydrogen) atoms. The number of hydrogen-bond donors (Lipinski definition) is 13. The maximum atomic E-state index is 13.7. The SMILES string of the molecule is CSCC[C@H](NC(=O)[C@H](CCCCN)NC(=O)[C@@H](NC(=O)[C@H](C)NC(=O)[C@H](CCCN=C(N)N)NC(=O)[C@H](CS)NC(C)=O)[C@@H](C)O)C(=O)N[C@@H](CC(C)C)C(N)=O. The van der Waals surface area contributed by atoms with Gasteiger partial charge in [-0.1, -0.05) is 13.8 Å². The first-order valence-electron chi connectivity index (χ1n) is 19.1. The number of amides is 8. The van der Waals surface area contributed by atoms with Crippen LogP contribution in [0.5, 0.6) is 0 Å². The van der Waals surface area contributed by atoms with E-state index in [2.05, 4.69) is 54.8 Å². The van der Waals surface area contributed by atoms with Crippen LogP contribution in [0.4, 0.5) is 0 Å². The van der Waals surface area contributed by atoms with Crippen LogP contribution in [0.3, 0.4) is 0 Å². The van der Waals surface area contributed by atoms with E-state index in [-0.39, 0.29) is 56.3 Å². The summed E-state index contributed by atoms with van der Waals surface area (Å²) in [5.41, 5.74) is 21.9. The summed E-state index contributed by atoms with van der Waals surface area (Å²) < 4.78 is 0. The number of carbonyl (C=O) groups is 8. The standard InChI is InChI=1S/C35H66N12O9S2/c1-18(2)16-25(28(37)50)46-32(54)24(12-15-58-6)44-31(53)22(10-7-8-13-36)45-34(56)27(20(4)48)47-29(51)19(3)41-30(52)23(11-9-14-40-35(38)39)43-33(55)26(17-57)42-21(5)49/h18-20,22-27,48,57H,7-17,36H2,1-6H3,(H2,37,50)(H,41,52)(H,42,49)(H,43,55)(H,44,53)(H,45,56)(H,46,54)(H,47,51)(H4,38,39,40)/t19-,20+,22-,23-,24-,25-,26-,27-/m0/s1. The highest BCUT2D eigenvalue weighted by Crippen LogP contribution is 2.09. The molecule has 23 heteroatoms. The van der Waals surface area contributed by atoms with Gasteiger partial charge in [-0.25, -0.2) is 0 Å². The van der Waals surface area contributed by atoms with Crippen LogP contribution >= 0.6 is 24.4 Å². The Morgan fingerprint density at radius 3 is 1.62 bits per heavy atom. The molecule has 0 aliphatic rings. The van der Waals surface area contributed by atoms with Crippen LogP contribution < -0.4 is 60.2 Å². The molecule has 0 aliphatic heterocycles. The molecule has 332 valence electrons. The average molecular weight is 863 g/mol. The third kappa shape index (κ3) is 22.0. The summed E-state index contributed by atoms with van der Waals surface area (Å²) in [4.78, 5) is 108. The molecule has 0 spiro atoms. The summed E-state index contributed by atoms with van der Waals surface area (Å²) in [7, 11) is 0. The first-order valence-corrected chi connectivity index (χ1v) is 21.1. The fraction of sp³-hybridized carbons (Fsp3) is 0.743. The lowest BCUT2D eigenvalue weighted by molar-refractivity contribution is -0.137. The van der Waals surface area contributed by atoms with Gasteiger partial charge in [-0.3, -0.25) is 43.3 Å². The van der Waals surface area contributed by atoms with Crippen LogP contribution in [0.2, 0.25) is 0 Å². The highest BCUT2D eigenvalue weighted by Gasteiger charge is 2.34. The number of guanidine groups is 1. The van der Waals surface area contributed by atoms with E-state index in [1.54, 1.807) is 0 Å². The number of unbranched alkanes of at least 4 members (excludes halogenated alkanes) is 1. The van der Waals surface area contributed by atoms with Gasteiger partial charge in [0, 0.05) is 19.2 Å². The number of nitrogens with one attached hydrogen (secondary N) is 7. The zero-order valence-corrected chi connectivity index (χ0v) is 36.0. The lowest BCUT2D eigenvalue weighted by Gasteiger charge is -2.28. The average Bonchev–Trinajstić information content (AvgIpc) is 3.13. The first-order chi connectivity index (χ1) is 27.2. The predicted molar refractivity (Wildman–Crippen MR) is 225 cm³/mol. The van der Waals surface area contributed by atoms with Crippen molar-refractivity contribution in [1.82, 2.24) is 37.2 Å². The quantitative estimate of drug-likeness (QED) is 0.0149. The summed E-state index contributed by atoms with van der Waals surface area (Å²) in [6.45, 7) is 7.90. The fourth-order valence-corrected chi connectivity index (χ4v) is 6.07. The Kier molecular flexibility index (Phi) is 26.8. The first kappa shape index (κ1) is 53.6. The third-order valence-corrected chi connectivity index (χ3v) is 9.47. The second-order valence-electron chi connectivity index (χ2n) is 14.2. The minimum atomic E-state index is -1.61. The number of carbonyl (C=O) groups excluding carboxylic acids is 8. The van der Waals surface area contributed by atoms with Crippen LogP contribution in [0, 0.1) is 5.92 Å². The van der Waals surface area contributed by atoms with E-state index in [9.17, 15) is 43.5 Å². The van der Waals surface area contributed by atoms with E-state index < -0.39 is 95.7 Å². The van der Waals surface area contributed by atoms with Crippen molar-refractivity contribution < 1.29 is 43.5 Å². The molecule has 0 saturated carbocycles. The monoisotopic (exact) mass is 862 g/mol. The lowest BCUT2D eigenvalue weighted by atomic mass is 10.0. The van der Waals surface area contributed by atoms with Gasteiger partial charge in [0.15, 0.2) is 5.96 Å². The van der Waals surface area contributed by atoms with Crippen LogP contribution in [0.1, 0.15) is 79.6 Å². The molecule has 8 atom stereocenters. The number of hydrogen-bond acceptors (Lipinski definition) is 13. The number of nitrogens with zero attached hydrogens (tertiary/aromatic N) is 1. The number of aliphatic hydroxyl groups excluding tert-OH is 1.